The molecule has 0 unspecified atom stereocenters. The number of aromatic nitrogens is 2. The fourth-order valence-corrected chi connectivity index (χ4v) is 2.92. The summed E-state index contributed by atoms with van der Waals surface area (Å²) in [6, 6.07) is 1.79. The lowest BCUT2D eigenvalue weighted by Gasteiger charge is -2.41. The second kappa shape index (κ2) is 4.57. The summed E-state index contributed by atoms with van der Waals surface area (Å²) in [4.78, 5) is 8.62. The molecule has 1 N–H and O–H groups in total. The van der Waals surface area contributed by atoms with E-state index in [-0.39, 0.29) is 12.0 Å². The zero-order valence-corrected chi connectivity index (χ0v) is 10.3. The van der Waals surface area contributed by atoms with E-state index in [0.29, 0.717) is 13.2 Å². The molecule has 1 aliphatic carbocycles. The average molecular weight is 250 g/mol. The van der Waals surface area contributed by atoms with Gasteiger partial charge in [0.05, 0.1) is 25.2 Å². The van der Waals surface area contributed by atoms with Crippen LogP contribution < -0.4 is 0 Å². The Morgan fingerprint density at radius 1 is 1.06 bits per heavy atom. The zero-order chi connectivity index (χ0) is 12.5. The number of aliphatic hydroxyl groups is 1. The Hall–Kier alpha value is -1.04. The van der Waals surface area contributed by atoms with E-state index in [1.54, 1.807) is 18.5 Å². The lowest BCUT2D eigenvalue weighted by molar-refractivity contribution is -0.187. The maximum atomic E-state index is 9.76. The Balaban J connectivity index is 1.79. The lowest BCUT2D eigenvalue weighted by Crippen LogP contribution is -2.44. The Kier molecular flexibility index (Phi) is 3.05. The Bertz CT molecular complexity index is 394. The third-order valence-electron chi connectivity index (χ3n) is 4.13. The molecular formula is C13H18N2O3. The third kappa shape index (κ3) is 1.92. The van der Waals surface area contributed by atoms with Gasteiger partial charge in [-0.3, -0.25) is 0 Å². The molecule has 3 rings (SSSR count). The number of nitrogens with zero attached hydrogens (tertiary/aromatic N) is 2. The topological polar surface area (TPSA) is 64.5 Å². The SMILES string of the molecule is OCC1(c2ncccn2)CCC2(CC1)OCCO2. The summed E-state index contributed by atoms with van der Waals surface area (Å²) in [7, 11) is 0. The molecule has 2 heterocycles. The first-order valence-corrected chi connectivity index (χ1v) is 6.45. The van der Waals surface area contributed by atoms with Crippen molar-refractivity contribution in [1.29, 1.82) is 0 Å². The van der Waals surface area contributed by atoms with Gasteiger partial charge in [-0.15, -0.1) is 0 Å². The summed E-state index contributed by atoms with van der Waals surface area (Å²) < 4.78 is 11.4. The molecule has 0 aromatic carbocycles. The third-order valence-corrected chi connectivity index (χ3v) is 4.13. The molecule has 18 heavy (non-hydrogen) atoms. The van der Waals surface area contributed by atoms with Gasteiger partial charge in [0.15, 0.2) is 5.79 Å². The number of ether oxygens (including phenoxy) is 2. The van der Waals surface area contributed by atoms with E-state index in [1.165, 1.54) is 0 Å². The van der Waals surface area contributed by atoms with E-state index in [2.05, 4.69) is 9.97 Å². The lowest BCUT2D eigenvalue weighted by atomic mass is 9.71. The molecule has 2 aliphatic rings. The molecule has 98 valence electrons. The summed E-state index contributed by atoms with van der Waals surface area (Å²) >= 11 is 0. The minimum atomic E-state index is -0.409. The van der Waals surface area contributed by atoms with Crippen LogP contribution in [0.5, 0.6) is 0 Å². The highest BCUT2D eigenvalue weighted by atomic mass is 16.7. The quantitative estimate of drug-likeness (QED) is 0.849. The number of aliphatic hydroxyl groups excluding tert-OH is 1. The van der Waals surface area contributed by atoms with Gasteiger partial charge in [-0.2, -0.15) is 0 Å². The number of hydrogen-bond donors (Lipinski definition) is 1. The van der Waals surface area contributed by atoms with Crippen LogP contribution in [0.25, 0.3) is 0 Å². The summed E-state index contributed by atoms with van der Waals surface area (Å²) in [5, 5.41) is 9.76. The first-order chi connectivity index (χ1) is 8.79. The van der Waals surface area contributed by atoms with Gasteiger partial charge in [-0.05, 0) is 18.9 Å². The largest absolute Gasteiger partial charge is 0.395 e. The van der Waals surface area contributed by atoms with E-state index in [1.807, 2.05) is 0 Å². The molecule has 1 aliphatic heterocycles. The highest BCUT2D eigenvalue weighted by molar-refractivity contribution is 5.11. The molecule has 0 radical (unpaired) electrons. The highest BCUT2D eigenvalue weighted by Crippen LogP contribution is 2.44. The molecule has 1 spiro atoms. The van der Waals surface area contributed by atoms with Crippen molar-refractivity contribution in [3.05, 3.63) is 24.3 Å². The van der Waals surface area contributed by atoms with Crippen LogP contribution in [0.1, 0.15) is 31.5 Å². The molecule has 2 fully saturated rings. The van der Waals surface area contributed by atoms with E-state index in [9.17, 15) is 5.11 Å². The maximum Gasteiger partial charge on any atom is 0.168 e. The van der Waals surface area contributed by atoms with E-state index >= 15 is 0 Å². The number of hydrogen-bond acceptors (Lipinski definition) is 5. The normalized spacial score (nSPS) is 25.4. The van der Waals surface area contributed by atoms with E-state index in [4.69, 9.17) is 9.47 Å². The maximum absolute atomic E-state index is 9.76. The van der Waals surface area contributed by atoms with Gasteiger partial charge < -0.3 is 14.6 Å². The fraction of sp³-hybridized carbons (Fsp3) is 0.692. The fourth-order valence-electron chi connectivity index (χ4n) is 2.92. The minimum Gasteiger partial charge on any atom is -0.395 e. The van der Waals surface area contributed by atoms with Crippen molar-refractivity contribution in [2.75, 3.05) is 19.8 Å². The van der Waals surface area contributed by atoms with E-state index in [0.717, 1.165) is 31.5 Å². The molecule has 5 heteroatoms. The van der Waals surface area contributed by atoms with Crippen LogP contribution in [0, 0.1) is 0 Å². The molecule has 0 atom stereocenters. The highest BCUT2D eigenvalue weighted by Gasteiger charge is 2.47. The summed E-state index contributed by atoms with van der Waals surface area (Å²) in [6.07, 6.45) is 6.65. The van der Waals surface area contributed by atoms with Crippen molar-refractivity contribution in [2.45, 2.75) is 36.9 Å². The minimum absolute atomic E-state index is 0.0765. The van der Waals surface area contributed by atoms with Crippen molar-refractivity contribution >= 4 is 0 Å². The summed E-state index contributed by atoms with van der Waals surface area (Å²) in [5.74, 6) is 0.327. The molecule has 0 amide bonds. The van der Waals surface area contributed by atoms with Gasteiger partial charge in [-0.1, -0.05) is 0 Å². The van der Waals surface area contributed by atoms with Crippen LogP contribution in [-0.4, -0.2) is 40.7 Å². The predicted molar refractivity (Wildman–Crippen MR) is 63.9 cm³/mol. The summed E-state index contributed by atoms with van der Waals surface area (Å²) in [6.45, 7) is 1.43. The van der Waals surface area contributed by atoms with Gasteiger partial charge >= 0.3 is 0 Å². The van der Waals surface area contributed by atoms with Gasteiger partial charge in [-0.25, -0.2) is 9.97 Å². The van der Waals surface area contributed by atoms with Gasteiger partial charge in [0, 0.05) is 25.2 Å². The smallest absolute Gasteiger partial charge is 0.168 e. The molecule has 1 aromatic rings. The standard InChI is InChI=1S/C13H18N2O3/c16-10-12(11-14-6-1-7-15-11)2-4-13(5-3-12)17-8-9-18-13/h1,6-7,16H,2-5,8-10H2. The van der Waals surface area contributed by atoms with Crippen molar-refractivity contribution < 1.29 is 14.6 Å². The number of rotatable bonds is 2. The molecule has 0 bridgehead atoms. The van der Waals surface area contributed by atoms with Crippen LogP contribution in [0.2, 0.25) is 0 Å². The van der Waals surface area contributed by atoms with Crippen LogP contribution in [0.15, 0.2) is 18.5 Å². The Labute approximate surface area is 106 Å². The molecule has 5 nitrogen and oxygen atoms in total. The van der Waals surface area contributed by atoms with E-state index < -0.39 is 5.79 Å². The average Bonchev–Trinajstić information content (AvgIpc) is 2.90. The van der Waals surface area contributed by atoms with Crippen molar-refractivity contribution in [1.82, 2.24) is 9.97 Å². The van der Waals surface area contributed by atoms with Crippen molar-refractivity contribution in [3.8, 4) is 0 Å². The Morgan fingerprint density at radius 3 is 2.22 bits per heavy atom. The van der Waals surface area contributed by atoms with Crippen molar-refractivity contribution in [3.63, 3.8) is 0 Å². The monoisotopic (exact) mass is 250 g/mol. The Morgan fingerprint density at radius 2 is 1.67 bits per heavy atom. The van der Waals surface area contributed by atoms with Crippen molar-refractivity contribution in [2.24, 2.45) is 0 Å². The van der Waals surface area contributed by atoms with Gasteiger partial charge in [0.25, 0.3) is 0 Å². The second-order valence-electron chi connectivity index (χ2n) is 5.12. The molecular weight excluding hydrogens is 232 g/mol. The summed E-state index contributed by atoms with van der Waals surface area (Å²) in [5.41, 5.74) is -0.332. The van der Waals surface area contributed by atoms with Crippen LogP contribution in [0.4, 0.5) is 0 Å². The molecule has 1 saturated heterocycles. The molecule has 1 aromatic heterocycles. The van der Waals surface area contributed by atoms with Crippen LogP contribution in [0.3, 0.4) is 0 Å². The predicted octanol–water partition coefficient (Wildman–Crippen LogP) is 1.02. The zero-order valence-electron chi connectivity index (χ0n) is 10.3. The van der Waals surface area contributed by atoms with Gasteiger partial charge in [0.1, 0.15) is 5.82 Å². The van der Waals surface area contributed by atoms with Gasteiger partial charge in [0.2, 0.25) is 0 Å². The first-order valence-electron chi connectivity index (χ1n) is 6.45. The first kappa shape index (κ1) is 12.0. The van der Waals surface area contributed by atoms with Crippen LogP contribution in [-0.2, 0) is 14.9 Å². The second-order valence-corrected chi connectivity index (χ2v) is 5.12. The van der Waals surface area contributed by atoms with Crippen LogP contribution >= 0.6 is 0 Å². The molecule has 1 saturated carbocycles.